The van der Waals surface area contributed by atoms with Gasteiger partial charge in [0, 0.05) is 30.2 Å². The van der Waals surface area contributed by atoms with E-state index in [9.17, 15) is 4.79 Å². The molecule has 0 saturated heterocycles. The molecule has 2 N–H and O–H groups in total. The highest BCUT2D eigenvalue weighted by atomic mass is 35.5. The van der Waals surface area contributed by atoms with Crippen molar-refractivity contribution in [3.63, 3.8) is 0 Å². The van der Waals surface area contributed by atoms with Gasteiger partial charge in [-0.1, -0.05) is 42.8 Å². The molecule has 116 valence electrons. The van der Waals surface area contributed by atoms with E-state index in [0.717, 1.165) is 23.7 Å². The molecule has 0 saturated carbocycles. The zero-order chi connectivity index (χ0) is 15.9. The number of anilines is 1. The van der Waals surface area contributed by atoms with E-state index in [2.05, 4.69) is 29.7 Å². The zero-order valence-corrected chi connectivity index (χ0v) is 13.7. The summed E-state index contributed by atoms with van der Waals surface area (Å²) < 4.78 is 0. The van der Waals surface area contributed by atoms with Crippen LogP contribution in [0.2, 0.25) is 5.02 Å². The first-order valence-electron chi connectivity index (χ1n) is 7.44. The standard InChI is InChI=1S/C18H21ClN2O/c1-3-18(15-6-8-16(19)9-7-15)20-12-14-4-10-17(11-5-14)21-13(2)22/h4-11,18,20H,3,12H2,1-2H3,(H,21,22). The summed E-state index contributed by atoms with van der Waals surface area (Å²) in [6.07, 6.45) is 1.01. The van der Waals surface area contributed by atoms with Gasteiger partial charge >= 0.3 is 0 Å². The molecule has 2 aromatic rings. The van der Waals surface area contributed by atoms with Crippen LogP contribution in [0.15, 0.2) is 48.5 Å². The van der Waals surface area contributed by atoms with Gasteiger partial charge in [-0.3, -0.25) is 4.79 Å². The summed E-state index contributed by atoms with van der Waals surface area (Å²) in [4.78, 5) is 11.0. The highest BCUT2D eigenvalue weighted by molar-refractivity contribution is 6.30. The van der Waals surface area contributed by atoms with Gasteiger partial charge in [-0.05, 0) is 41.8 Å². The quantitative estimate of drug-likeness (QED) is 0.821. The maximum Gasteiger partial charge on any atom is 0.221 e. The predicted octanol–water partition coefficient (Wildman–Crippen LogP) is 4.54. The Morgan fingerprint density at radius 2 is 1.73 bits per heavy atom. The zero-order valence-electron chi connectivity index (χ0n) is 12.9. The van der Waals surface area contributed by atoms with E-state index in [0.29, 0.717) is 6.04 Å². The molecule has 1 amide bonds. The Bertz CT molecular complexity index is 608. The smallest absolute Gasteiger partial charge is 0.221 e. The first-order chi connectivity index (χ1) is 10.6. The molecule has 0 radical (unpaired) electrons. The molecule has 0 aromatic heterocycles. The summed E-state index contributed by atoms with van der Waals surface area (Å²) in [5, 5.41) is 7.08. The minimum atomic E-state index is -0.0559. The Morgan fingerprint density at radius 3 is 2.27 bits per heavy atom. The van der Waals surface area contributed by atoms with Gasteiger partial charge in [-0.2, -0.15) is 0 Å². The van der Waals surface area contributed by atoms with E-state index >= 15 is 0 Å². The molecule has 0 fully saturated rings. The summed E-state index contributed by atoms with van der Waals surface area (Å²) in [7, 11) is 0. The third-order valence-electron chi connectivity index (χ3n) is 3.51. The average Bonchev–Trinajstić information content (AvgIpc) is 2.50. The molecule has 1 atom stereocenters. The number of benzene rings is 2. The highest BCUT2D eigenvalue weighted by Crippen LogP contribution is 2.20. The molecule has 0 spiro atoms. The lowest BCUT2D eigenvalue weighted by atomic mass is 10.0. The van der Waals surface area contributed by atoms with Crippen molar-refractivity contribution in [3.05, 3.63) is 64.7 Å². The van der Waals surface area contributed by atoms with Crippen LogP contribution in [0.1, 0.15) is 37.4 Å². The molecular formula is C18H21ClN2O. The molecule has 0 aliphatic carbocycles. The number of halogens is 1. The van der Waals surface area contributed by atoms with Crippen LogP contribution in [0.4, 0.5) is 5.69 Å². The number of carbonyl (C=O) groups is 1. The van der Waals surface area contributed by atoms with Gasteiger partial charge < -0.3 is 10.6 Å². The minimum absolute atomic E-state index is 0.0559. The lowest BCUT2D eigenvalue weighted by Gasteiger charge is -2.18. The Labute approximate surface area is 136 Å². The van der Waals surface area contributed by atoms with Crippen LogP contribution in [0.25, 0.3) is 0 Å². The van der Waals surface area contributed by atoms with Gasteiger partial charge in [0.15, 0.2) is 0 Å². The number of amides is 1. The molecular weight excluding hydrogens is 296 g/mol. The molecule has 0 bridgehead atoms. The summed E-state index contributed by atoms with van der Waals surface area (Å²) in [6, 6.07) is 16.1. The summed E-state index contributed by atoms with van der Waals surface area (Å²) >= 11 is 5.93. The number of hydrogen-bond donors (Lipinski definition) is 2. The van der Waals surface area contributed by atoms with E-state index in [4.69, 9.17) is 11.6 Å². The van der Waals surface area contributed by atoms with E-state index in [-0.39, 0.29) is 5.91 Å². The van der Waals surface area contributed by atoms with Crippen LogP contribution in [-0.4, -0.2) is 5.91 Å². The molecule has 0 aliphatic heterocycles. The topological polar surface area (TPSA) is 41.1 Å². The Morgan fingerprint density at radius 1 is 1.09 bits per heavy atom. The molecule has 4 heteroatoms. The fourth-order valence-corrected chi connectivity index (χ4v) is 2.47. The van der Waals surface area contributed by atoms with Crippen molar-refractivity contribution in [1.29, 1.82) is 0 Å². The molecule has 1 unspecified atom stereocenters. The summed E-state index contributed by atoms with van der Waals surface area (Å²) in [5.74, 6) is -0.0559. The van der Waals surface area contributed by atoms with Crippen molar-refractivity contribution >= 4 is 23.2 Å². The van der Waals surface area contributed by atoms with Gasteiger partial charge in [-0.15, -0.1) is 0 Å². The summed E-state index contributed by atoms with van der Waals surface area (Å²) in [5.41, 5.74) is 3.24. The minimum Gasteiger partial charge on any atom is -0.326 e. The normalized spacial score (nSPS) is 12.0. The van der Waals surface area contributed by atoms with Gasteiger partial charge in [-0.25, -0.2) is 0 Å². The van der Waals surface area contributed by atoms with Crippen molar-refractivity contribution in [2.45, 2.75) is 32.9 Å². The first kappa shape index (κ1) is 16.5. The first-order valence-corrected chi connectivity index (χ1v) is 7.81. The average molecular weight is 317 g/mol. The molecule has 22 heavy (non-hydrogen) atoms. The second-order valence-corrected chi connectivity index (χ2v) is 5.71. The third kappa shape index (κ3) is 4.86. The molecule has 0 aliphatic rings. The van der Waals surface area contributed by atoms with E-state index in [1.54, 1.807) is 0 Å². The van der Waals surface area contributed by atoms with Gasteiger partial charge in [0.1, 0.15) is 0 Å². The van der Waals surface area contributed by atoms with Crippen LogP contribution in [0.5, 0.6) is 0 Å². The number of nitrogens with one attached hydrogen (secondary N) is 2. The molecule has 3 nitrogen and oxygen atoms in total. The Hall–Kier alpha value is -1.84. The van der Waals surface area contributed by atoms with Crippen molar-refractivity contribution in [2.75, 3.05) is 5.32 Å². The third-order valence-corrected chi connectivity index (χ3v) is 3.76. The maximum absolute atomic E-state index is 11.0. The number of rotatable bonds is 6. The van der Waals surface area contributed by atoms with Crippen molar-refractivity contribution in [3.8, 4) is 0 Å². The van der Waals surface area contributed by atoms with E-state index in [1.165, 1.54) is 18.1 Å². The molecule has 2 aromatic carbocycles. The lowest BCUT2D eigenvalue weighted by molar-refractivity contribution is -0.114. The van der Waals surface area contributed by atoms with Crippen LogP contribution >= 0.6 is 11.6 Å². The Balaban J connectivity index is 1.95. The van der Waals surface area contributed by atoms with Crippen LogP contribution < -0.4 is 10.6 Å². The van der Waals surface area contributed by atoms with Gasteiger partial charge in [0.2, 0.25) is 5.91 Å². The molecule has 2 rings (SSSR count). The van der Waals surface area contributed by atoms with E-state index < -0.39 is 0 Å². The van der Waals surface area contributed by atoms with Gasteiger partial charge in [0.25, 0.3) is 0 Å². The fraction of sp³-hybridized carbons (Fsp3) is 0.278. The lowest BCUT2D eigenvalue weighted by Crippen LogP contribution is -2.20. The Kier molecular flexibility index (Phi) is 5.99. The fourth-order valence-electron chi connectivity index (χ4n) is 2.34. The summed E-state index contributed by atoms with van der Waals surface area (Å²) in [6.45, 7) is 4.45. The molecule has 0 heterocycles. The van der Waals surface area contributed by atoms with Crippen LogP contribution in [0.3, 0.4) is 0 Å². The second-order valence-electron chi connectivity index (χ2n) is 5.27. The van der Waals surface area contributed by atoms with E-state index in [1.807, 2.05) is 36.4 Å². The highest BCUT2D eigenvalue weighted by Gasteiger charge is 2.08. The number of carbonyl (C=O) groups excluding carboxylic acids is 1. The van der Waals surface area contributed by atoms with Crippen molar-refractivity contribution in [1.82, 2.24) is 5.32 Å². The largest absolute Gasteiger partial charge is 0.326 e. The van der Waals surface area contributed by atoms with Crippen LogP contribution in [0, 0.1) is 0 Å². The maximum atomic E-state index is 11.0. The SMILES string of the molecule is CCC(NCc1ccc(NC(C)=O)cc1)c1ccc(Cl)cc1. The predicted molar refractivity (Wildman–Crippen MR) is 92.1 cm³/mol. The van der Waals surface area contributed by atoms with Crippen molar-refractivity contribution in [2.24, 2.45) is 0 Å². The van der Waals surface area contributed by atoms with Gasteiger partial charge in [0.05, 0.1) is 0 Å². The van der Waals surface area contributed by atoms with Crippen molar-refractivity contribution < 1.29 is 4.79 Å². The second kappa shape index (κ2) is 7.97. The monoisotopic (exact) mass is 316 g/mol. The van der Waals surface area contributed by atoms with Crippen LogP contribution in [-0.2, 0) is 11.3 Å². The number of hydrogen-bond acceptors (Lipinski definition) is 2.